The zero-order valence-electron chi connectivity index (χ0n) is 12.5. The lowest BCUT2D eigenvalue weighted by atomic mass is 10.0. The van der Waals surface area contributed by atoms with E-state index < -0.39 is 6.61 Å². The Morgan fingerprint density at radius 3 is 3.00 bits per heavy atom. The fraction of sp³-hybridized carbons (Fsp3) is 0.333. The number of fused-ring (bicyclic) bond motifs is 1. The number of ether oxygens (including phenoxy) is 1. The van der Waals surface area contributed by atoms with E-state index in [0.29, 0.717) is 5.82 Å². The van der Waals surface area contributed by atoms with Crippen molar-refractivity contribution >= 4 is 23.5 Å². The number of alkyl halides is 2. The van der Waals surface area contributed by atoms with Crippen LogP contribution in [-0.4, -0.2) is 28.1 Å². The zero-order chi connectivity index (χ0) is 16.6. The number of aromatic nitrogens is 2. The largest absolute Gasteiger partial charge is 0.435 e. The van der Waals surface area contributed by atoms with E-state index in [-0.39, 0.29) is 22.7 Å². The molecule has 5 nitrogen and oxygen atoms in total. The number of anilines is 1. The van der Waals surface area contributed by atoms with Gasteiger partial charge in [0.15, 0.2) is 0 Å². The lowest BCUT2D eigenvalue weighted by molar-refractivity contribution is -0.113. The maximum atomic E-state index is 12.4. The molecule has 2 heterocycles. The first-order valence-corrected chi connectivity index (χ1v) is 8.00. The third-order valence-electron chi connectivity index (χ3n) is 3.56. The summed E-state index contributed by atoms with van der Waals surface area (Å²) in [7, 11) is 1.76. The van der Waals surface area contributed by atoms with Gasteiger partial charge in [-0.2, -0.15) is 13.9 Å². The summed E-state index contributed by atoms with van der Waals surface area (Å²) in [6, 6.07) is 6.56. The second-order valence-corrected chi connectivity index (χ2v) is 6.25. The average Bonchev–Trinajstić information content (AvgIpc) is 2.66. The number of aryl methyl sites for hydroxylation is 2. The molecule has 0 fully saturated rings. The van der Waals surface area contributed by atoms with Gasteiger partial charge < -0.3 is 10.1 Å². The van der Waals surface area contributed by atoms with Crippen LogP contribution in [0.2, 0.25) is 0 Å². The normalized spacial score (nSPS) is 17.6. The summed E-state index contributed by atoms with van der Waals surface area (Å²) in [6.07, 6.45) is 0. The molecule has 0 spiro atoms. The Labute approximate surface area is 136 Å². The van der Waals surface area contributed by atoms with Gasteiger partial charge in [-0.05, 0) is 24.6 Å². The molecule has 1 N–H and O–H groups in total. The summed E-state index contributed by atoms with van der Waals surface area (Å²) < 4.78 is 30.9. The molecule has 122 valence electrons. The fourth-order valence-electron chi connectivity index (χ4n) is 2.66. The van der Waals surface area contributed by atoms with E-state index >= 15 is 0 Å². The average molecular weight is 339 g/mol. The molecule has 0 bridgehead atoms. The molecular weight excluding hydrogens is 324 g/mol. The van der Waals surface area contributed by atoms with E-state index in [2.05, 4.69) is 15.2 Å². The van der Waals surface area contributed by atoms with Crippen molar-refractivity contribution in [1.29, 1.82) is 0 Å². The predicted octanol–water partition coefficient (Wildman–Crippen LogP) is 3.10. The molecule has 23 heavy (non-hydrogen) atoms. The highest BCUT2D eigenvalue weighted by molar-refractivity contribution is 8.00. The summed E-state index contributed by atoms with van der Waals surface area (Å²) in [4.78, 5) is 11.9. The Morgan fingerprint density at radius 2 is 2.26 bits per heavy atom. The van der Waals surface area contributed by atoms with E-state index in [1.165, 1.54) is 17.8 Å². The third-order valence-corrected chi connectivity index (χ3v) is 4.83. The molecule has 3 rings (SSSR count). The number of carbonyl (C=O) groups is 1. The number of rotatable bonds is 3. The van der Waals surface area contributed by atoms with Crippen LogP contribution in [0.1, 0.15) is 22.1 Å². The number of halogens is 2. The monoisotopic (exact) mass is 339 g/mol. The molecular formula is C15H15F2N3O2S. The topological polar surface area (TPSA) is 56.2 Å². The molecule has 1 aromatic heterocycles. The van der Waals surface area contributed by atoms with E-state index in [4.69, 9.17) is 0 Å². The van der Waals surface area contributed by atoms with Crippen LogP contribution < -0.4 is 10.1 Å². The van der Waals surface area contributed by atoms with Gasteiger partial charge in [-0.15, -0.1) is 11.8 Å². The maximum absolute atomic E-state index is 12.4. The van der Waals surface area contributed by atoms with Gasteiger partial charge in [0.25, 0.3) is 0 Å². The van der Waals surface area contributed by atoms with Crippen molar-refractivity contribution in [1.82, 2.24) is 9.78 Å². The molecule has 1 unspecified atom stereocenters. The number of hydrogen-bond donors (Lipinski definition) is 1. The second kappa shape index (κ2) is 6.19. The molecule has 1 atom stereocenters. The first-order valence-electron chi connectivity index (χ1n) is 6.95. The SMILES string of the molecule is Cc1nn(C)c2c1C(c1cccc(OC(F)F)c1)SCC(=O)N2. The van der Waals surface area contributed by atoms with Crippen LogP contribution in [0, 0.1) is 6.92 Å². The van der Waals surface area contributed by atoms with Crippen molar-refractivity contribution in [2.24, 2.45) is 7.05 Å². The molecule has 1 aliphatic heterocycles. The van der Waals surface area contributed by atoms with Gasteiger partial charge in [-0.1, -0.05) is 12.1 Å². The summed E-state index contributed by atoms with van der Waals surface area (Å²) in [5, 5.41) is 7.02. The molecule has 1 amide bonds. The minimum atomic E-state index is -2.87. The zero-order valence-corrected chi connectivity index (χ0v) is 13.4. The fourth-order valence-corrected chi connectivity index (χ4v) is 3.84. The van der Waals surface area contributed by atoms with Crippen molar-refractivity contribution in [3.63, 3.8) is 0 Å². The molecule has 8 heteroatoms. The van der Waals surface area contributed by atoms with Gasteiger partial charge in [0, 0.05) is 12.6 Å². The van der Waals surface area contributed by atoms with Crippen molar-refractivity contribution in [2.75, 3.05) is 11.1 Å². The van der Waals surface area contributed by atoms with Crippen molar-refractivity contribution in [3.05, 3.63) is 41.1 Å². The smallest absolute Gasteiger partial charge is 0.387 e. The van der Waals surface area contributed by atoms with Crippen LogP contribution in [0.25, 0.3) is 0 Å². The van der Waals surface area contributed by atoms with E-state index in [9.17, 15) is 13.6 Å². The lowest BCUT2D eigenvalue weighted by Gasteiger charge is -2.16. The number of nitrogens with one attached hydrogen (secondary N) is 1. The lowest BCUT2D eigenvalue weighted by Crippen LogP contribution is -2.15. The molecule has 0 saturated carbocycles. The standard InChI is InChI=1S/C15H15F2N3O2S/c1-8-12-13(9-4-3-5-10(6-9)22-15(16)17)23-7-11(21)18-14(12)20(2)19-8/h3-6,13,15H,7H2,1-2H3,(H,18,21). The summed E-state index contributed by atoms with van der Waals surface area (Å²) in [6.45, 7) is -1.01. The van der Waals surface area contributed by atoms with E-state index in [1.807, 2.05) is 13.0 Å². The first kappa shape index (κ1) is 15.8. The van der Waals surface area contributed by atoms with Crippen LogP contribution in [0.15, 0.2) is 24.3 Å². The number of nitrogens with zero attached hydrogens (tertiary/aromatic N) is 2. The molecule has 1 aliphatic rings. The number of amides is 1. The Balaban J connectivity index is 2.04. The predicted molar refractivity (Wildman–Crippen MR) is 83.9 cm³/mol. The summed E-state index contributed by atoms with van der Waals surface area (Å²) in [5.74, 6) is 0.910. The van der Waals surface area contributed by atoms with Crippen LogP contribution in [0.3, 0.4) is 0 Å². The van der Waals surface area contributed by atoms with Crippen LogP contribution in [0.5, 0.6) is 5.75 Å². The van der Waals surface area contributed by atoms with Gasteiger partial charge in [0.05, 0.1) is 16.7 Å². The van der Waals surface area contributed by atoms with Crippen molar-refractivity contribution < 1.29 is 18.3 Å². The molecule has 1 aromatic carbocycles. The Hall–Kier alpha value is -2.09. The van der Waals surface area contributed by atoms with Crippen LogP contribution in [0.4, 0.5) is 14.6 Å². The Morgan fingerprint density at radius 1 is 1.48 bits per heavy atom. The van der Waals surface area contributed by atoms with Gasteiger partial charge in [-0.3, -0.25) is 9.48 Å². The molecule has 0 radical (unpaired) electrons. The highest BCUT2D eigenvalue weighted by Gasteiger charge is 2.29. The van der Waals surface area contributed by atoms with Gasteiger partial charge in [0.1, 0.15) is 11.6 Å². The number of thioether (sulfide) groups is 1. The van der Waals surface area contributed by atoms with Crippen molar-refractivity contribution in [3.8, 4) is 5.75 Å². The highest BCUT2D eigenvalue weighted by Crippen LogP contribution is 2.43. The maximum Gasteiger partial charge on any atom is 0.387 e. The van der Waals surface area contributed by atoms with E-state index in [1.54, 1.807) is 23.9 Å². The minimum absolute atomic E-state index is 0.102. The number of carbonyl (C=O) groups excluding carboxylic acids is 1. The van der Waals surface area contributed by atoms with Crippen LogP contribution >= 0.6 is 11.8 Å². The molecule has 0 saturated heterocycles. The highest BCUT2D eigenvalue weighted by atomic mass is 32.2. The molecule has 2 aromatic rings. The number of hydrogen-bond acceptors (Lipinski definition) is 4. The first-order chi connectivity index (χ1) is 11.0. The second-order valence-electron chi connectivity index (χ2n) is 5.16. The minimum Gasteiger partial charge on any atom is -0.435 e. The van der Waals surface area contributed by atoms with Crippen molar-refractivity contribution in [2.45, 2.75) is 18.8 Å². The Kier molecular flexibility index (Phi) is 4.25. The van der Waals surface area contributed by atoms with Gasteiger partial charge in [-0.25, -0.2) is 0 Å². The summed E-state index contributed by atoms with van der Waals surface area (Å²) in [5.41, 5.74) is 2.47. The molecule has 0 aliphatic carbocycles. The van der Waals surface area contributed by atoms with E-state index in [0.717, 1.165) is 16.8 Å². The van der Waals surface area contributed by atoms with Gasteiger partial charge >= 0.3 is 6.61 Å². The Bertz CT molecular complexity index is 748. The summed E-state index contributed by atoms with van der Waals surface area (Å²) >= 11 is 1.43. The quantitative estimate of drug-likeness (QED) is 0.934. The number of benzene rings is 1. The van der Waals surface area contributed by atoms with Crippen LogP contribution in [-0.2, 0) is 11.8 Å². The third kappa shape index (κ3) is 3.17. The van der Waals surface area contributed by atoms with Gasteiger partial charge in [0.2, 0.25) is 5.91 Å².